The van der Waals surface area contributed by atoms with Crippen LogP contribution in [0.5, 0.6) is 0 Å². The zero-order valence-electron chi connectivity index (χ0n) is 13.1. The van der Waals surface area contributed by atoms with Crippen molar-refractivity contribution in [2.45, 2.75) is 25.6 Å². The highest BCUT2D eigenvalue weighted by molar-refractivity contribution is 5.94. The van der Waals surface area contributed by atoms with Crippen LogP contribution < -0.4 is 0 Å². The maximum absolute atomic E-state index is 12.9. The van der Waals surface area contributed by atoms with Gasteiger partial charge in [0.25, 0.3) is 5.91 Å². The van der Waals surface area contributed by atoms with E-state index in [1.807, 2.05) is 63.0 Å². The van der Waals surface area contributed by atoms with Crippen LogP contribution in [0, 0.1) is 0 Å². The van der Waals surface area contributed by atoms with E-state index >= 15 is 0 Å². The summed E-state index contributed by atoms with van der Waals surface area (Å²) in [6, 6.07) is 14.0. The number of nitrogens with zero attached hydrogens (tertiary/aromatic N) is 3. The van der Waals surface area contributed by atoms with Crippen LogP contribution in [0.1, 0.15) is 29.0 Å². The molecule has 2 aromatic rings. The minimum Gasteiger partial charge on any atom is -0.339 e. The van der Waals surface area contributed by atoms with Gasteiger partial charge < -0.3 is 14.4 Å². The van der Waals surface area contributed by atoms with E-state index in [0.717, 1.165) is 5.56 Å². The second-order valence-corrected chi connectivity index (χ2v) is 6.28. The molecule has 0 saturated carbocycles. The van der Waals surface area contributed by atoms with Gasteiger partial charge in [0.2, 0.25) is 5.91 Å². The number of likely N-dealkylation sites (tertiary alicyclic amines) is 1. The Labute approximate surface area is 135 Å². The van der Waals surface area contributed by atoms with Gasteiger partial charge in [-0.05, 0) is 17.7 Å². The summed E-state index contributed by atoms with van der Waals surface area (Å²) in [5.74, 6) is 0.116. The molecule has 0 aliphatic carbocycles. The smallest absolute Gasteiger partial charge is 0.271 e. The Morgan fingerprint density at radius 2 is 1.83 bits per heavy atom. The van der Waals surface area contributed by atoms with E-state index in [2.05, 4.69) is 0 Å². The number of fused-ring (bicyclic) bond motifs is 3. The molecule has 0 spiro atoms. The van der Waals surface area contributed by atoms with Crippen LogP contribution in [-0.4, -0.2) is 45.3 Å². The summed E-state index contributed by atoms with van der Waals surface area (Å²) in [4.78, 5) is 28.5. The summed E-state index contributed by atoms with van der Waals surface area (Å²) in [5.41, 5.74) is 1.83. The Morgan fingerprint density at radius 1 is 1.09 bits per heavy atom. The van der Waals surface area contributed by atoms with Crippen molar-refractivity contribution >= 4 is 11.8 Å². The average molecular weight is 309 g/mol. The highest BCUT2D eigenvalue weighted by Crippen LogP contribution is 2.34. The van der Waals surface area contributed by atoms with Crippen LogP contribution in [0.25, 0.3) is 0 Å². The topological polar surface area (TPSA) is 45.6 Å². The van der Waals surface area contributed by atoms with E-state index < -0.39 is 0 Å². The van der Waals surface area contributed by atoms with Gasteiger partial charge in [-0.2, -0.15) is 0 Å². The van der Waals surface area contributed by atoms with Gasteiger partial charge in [-0.25, -0.2) is 0 Å². The molecule has 1 aromatic carbocycles. The van der Waals surface area contributed by atoms with Crippen molar-refractivity contribution in [1.29, 1.82) is 0 Å². The molecule has 0 radical (unpaired) electrons. The van der Waals surface area contributed by atoms with Crippen LogP contribution in [0.4, 0.5) is 0 Å². The van der Waals surface area contributed by atoms with E-state index in [1.165, 1.54) is 0 Å². The number of benzene rings is 1. The van der Waals surface area contributed by atoms with Gasteiger partial charge in [0.05, 0.1) is 12.1 Å². The lowest BCUT2D eigenvalue weighted by molar-refractivity contribution is -0.128. The van der Waals surface area contributed by atoms with Gasteiger partial charge in [-0.15, -0.1) is 0 Å². The first kappa shape index (κ1) is 14.1. The molecule has 5 nitrogen and oxygen atoms in total. The number of hydrogen-bond donors (Lipinski definition) is 0. The van der Waals surface area contributed by atoms with Crippen LogP contribution in [0.3, 0.4) is 0 Å². The van der Waals surface area contributed by atoms with E-state index in [-0.39, 0.29) is 23.9 Å². The minimum atomic E-state index is 0.0338. The summed E-state index contributed by atoms with van der Waals surface area (Å²) in [7, 11) is 0. The zero-order valence-corrected chi connectivity index (χ0v) is 13.1. The molecule has 23 heavy (non-hydrogen) atoms. The Morgan fingerprint density at radius 3 is 2.57 bits per heavy atom. The molecule has 5 heteroatoms. The third-order valence-electron chi connectivity index (χ3n) is 4.92. The first-order valence-corrected chi connectivity index (χ1v) is 7.92. The number of carbonyl (C=O) groups excluding carboxylic acids is 2. The molecule has 0 N–H and O–H groups in total. The molecule has 1 saturated heterocycles. The molecule has 0 bridgehead atoms. The highest BCUT2D eigenvalue weighted by Gasteiger charge is 2.45. The quantitative estimate of drug-likeness (QED) is 0.851. The molecule has 2 aliphatic heterocycles. The first-order chi connectivity index (χ1) is 11.1. The van der Waals surface area contributed by atoms with Gasteiger partial charge in [-0.1, -0.05) is 30.3 Å². The van der Waals surface area contributed by atoms with E-state index in [9.17, 15) is 9.59 Å². The summed E-state index contributed by atoms with van der Waals surface area (Å²) in [6.07, 6.45) is 1.95. The summed E-state index contributed by atoms with van der Waals surface area (Å²) in [5, 5.41) is 0. The number of amides is 2. The molecule has 2 amide bonds. The Balaban J connectivity index is 1.71. The van der Waals surface area contributed by atoms with Crippen molar-refractivity contribution in [3.05, 3.63) is 59.9 Å². The van der Waals surface area contributed by atoms with Gasteiger partial charge >= 0.3 is 0 Å². The molecule has 4 rings (SSSR count). The van der Waals surface area contributed by atoms with Crippen LogP contribution in [0.15, 0.2) is 48.7 Å². The monoisotopic (exact) mass is 309 g/mol. The summed E-state index contributed by atoms with van der Waals surface area (Å²) < 4.78 is 2.04. The number of hydrogen-bond acceptors (Lipinski definition) is 2. The number of rotatable bonds is 2. The lowest BCUT2D eigenvalue weighted by Gasteiger charge is -2.38. The van der Waals surface area contributed by atoms with Gasteiger partial charge in [-0.3, -0.25) is 9.59 Å². The molecule has 1 fully saturated rings. The van der Waals surface area contributed by atoms with Crippen molar-refractivity contribution < 1.29 is 9.59 Å². The van der Waals surface area contributed by atoms with Gasteiger partial charge in [0.1, 0.15) is 5.69 Å². The van der Waals surface area contributed by atoms with Gasteiger partial charge in [0.15, 0.2) is 0 Å². The summed E-state index contributed by atoms with van der Waals surface area (Å²) in [6.45, 7) is 3.45. The Bertz CT molecular complexity index is 753. The molecular weight excluding hydrogens is 290 g/mol. The van der Waals surface area contributed by atoms with Crippen LogP contribution >= 0.6 is 0 Å². The SMILES string of the molecule is CC(=O)N1C[C@@H]2[C@H](C1)n1cccc1C(=O)N2Cc1ccccc1. The van der Waals surface area contributed by atoms with Crippen LogP contribution in [0.2, 0.25) is 0 Å². The maximum atomic E-state index is 12.9. The zero-order chi connectivity index (χ0) is 16.0. The van der Waals surface area contributed by atoms with E-state index in [0.29, 0.717) is 25.3 Å². The maximum Gasteiger partial charge on any atom is 0.271 e. The number of carbonyl (C=O) groups is 2. The molecule has 118 valence electrons. The fourth-order valence-electron chi connectivity index (χ4n) is 3.74. The van der Waals surface area contributed by atoms with Crippen molar-refractivity contribution in [3.8, 4) is 0 Å². The third kappa shape index (κ3) is 2.23. The minimum absolute atomic E-state index is 0.0338. The Hall–Kier alpha value is -2.56. The lowest BCUT2D eigenvalue weighted by Crippen LogP contribution is -2.49. The third-order valence-corrected chi connectivity index (χ3v) is 4.92. The predicted octanol–water partition coefficient (Wildman–Crippen LogP) is 1.92. The van der Waals surface area contributed by atoms with Crippen LogP contribution in [-0.2, 0) is 11.3 Å². The fraction of sp³-hybridized carbons (Fsp3) is 0.333. The number of aromatic nitrogens is 1. The van der Waals surface area contributed by atoms with Crippen molar-refractivity contribution in [2.75, 3.05) is 13.1 Å². The molecule has 3 heterocycles. The molecule has 2 atom stereocenters. The Kier molecular flexibility index (Phi) is 3.22. The fourth-order valence-corrected chi connectivity index (χ4v) is 3.74. The normalized spacial score (nSPS) is 22.9. The first-order valence-electron chi connectivity index (χ1n) is 7.92. The largest absolute Gasteiger partial charge is 0.339 e. The van der Waals surface area contributed by atoms with E-state index in [4.69, 9.17) is 0 Å². The second kappa shape index (κ2) is 5.26. The lowest BCUT2D eigenvalue weighted by atomic mass is 10.0. The summed E-state index contributed by atoms with van der Waals surface area (Å²) >= 11 is 0. The highest BCUT2D eigenvalue weighted by atomic mass is 16.2. The molecule has 0 unspecified atom stereocenters. The average Bonchev–Trinajstić information content (AvgIpc) is 3.19. The van der Waals surface area contributed by atoms with Crippen molar-refractivity contribution in [3.63, 3.8) is 0 Å². The molecule has 1 aromatic heterocycles. The van der Waals surface area contributed by atoms with Gasteiger partial charge in [0, 0.05) is 32.8 Å². The van der Waals surface area contributed by atoms with E-state index in [1.54, 1.807) is 6.92 Å². The standard InChI is InChI=1S/C18H19N3O2/c1-13(22)19-11-16-17(12-19)21(10-14-6-3-2-4-7-14)18(23)15-8-5-9-20(15)16/h2-9,16-17H,10-12H2,1H3/t16-,17+/m0/s1. The predicted molar refractivity (Wildman–Crippen MR) is 85.8 cm³/mol. The second-order valence-electron chi connectivity index (χ2n) is 6.28. The van der Waals surface area contributed by atoms with Crippen molar-refractivity contribution in [2.24, 2.45) is 0 Å². The molecular formula is C18H19N3O2. The molecule has 2 aliphatic rings. The van der Waals surface area contributed by atoms with Crippen molar-refractivity contribution in [1.82, 2.24) is 14.4 Å².